The maximum Gasteiger partial charge on any atom is 0.224 e. The van der Waals surface area contributed by atoms with E-state index in [1.54, 1.807) is 6.20 Å². The van der Waals surface area contributed by atoms with Gasteiger partial charge in [-0.3, -0.25) is 0 Å². The minimum absolute atomic E-state index is 0.578. The summed E-state index contributed by atoms with van der Waals surface area (Å²) in [6, 6.07) is 0. The van der Waals surface area contributed by atoms with E-state index in [2.05, 4.69) is 20.6 Å². The van der Waals surface area contributed by atoms with Gasteiger partial charge < -0.3 is 10.6 Å². The van der Waals surface area contributed by atoms with Crippen LogP contribution in [0.4, 0.5) is 11.8 Å². The Kier molecular flexibility index (Phi) is 4.74. The van der Waals surface area contributed by atoms with Crippen molar-refractivity contribution in [2.75, 3.05) is 29.5 Å². The quantitative estimate of drug-likeness (QED) is 0.863. The van der Waals surface area contributed by atoms with Crippen molar-refractivity contribution in [2.45, 2.75) is 25.0 Å². The number of nitrogens with one attached hydrogen (secondary N) is 2. The maximum absolute atomic E-state index is 6.06. The average Bonchev–Trinajstić information content (AvgIpc) is 2.83. The summed E-state index contributed by atoms with van der Waals surface area (Å²) in [4.78, 5) is 8.46. The van der Waals surface area contributed by atoms with Crippen LogP contribution in [0.3, 0.4) is 0 Å². The van der Waals surface area contributed by atoms with Gasteiger partial charge in [0.05, 0.1) is 6.20 Å². The van der Waals surface area contributed by atoms with E-state index in [-0.39, 0.29) is 0 Å². The van der Waals surface area contributed by atoms with Crippen molar-refractivity contribution in [2.24, 2.45) is 0 Å². The fraction of sp³-hybridized carbons (Fsp3) is 0.636. The molecule has 0 bridgehead atoms. The van der Waals surface area contributed by atoms with Crippen LogP contribution in [-0.4, -0.2) is 34.1 Å². The van der Waals surface area contributed by atoms with Gasteiger partial charge in [0, 0.05) is 18.3 Å². The maximum atomic E-state index is 6.06. The minimum Gasteiger partial charge on any atom is -0.368 e. The molecular formula is C11H17ClN4S. The van der Waals surface area contributed by atoms with Crippen molar-refractivity contribution in [3.63, 3.8) is 0 Å². The largest absolute Gasteiger partial charge is 0.368 e. The zero-order valence-corrected chi connectivity index (χ0v) is 11.4. The molecule has 1 saturated heterocycles. The van der Waals surface area contributed by atoms with E-state index in [9.17, 15) is 0 Å². The van der Waals surface area contributed by atoms with Crippen LogP contribution in [0.5, 0.6) is 0 Å². The van der Waals surface area contributed by atoms with Gasteiger partial charge in [-0.2, -0.15) is 16.7 Å². The molecule has 0 radical (unpaired) electrons. The fourth-order valence-electron chi connectivity index (χ4n) is 1.75. The first kappa shape index (κ1) is 12.8. The zero-order chi connectivity index (χ0) is 12.1. The lowest BCUT2D eigenvalue weighted by molar-refractivity contribution is 0.803. The molecule has 1 atom stereocenters. The highest BCUT2D eigenvalue weighted by Gasteiger charge is 2.16. The molecule has 0 amide bonds. The summed E-state index contributed by atoms with van der Waals surface area (Å²) in [5.41, 5.74) is 0. The molecule has 2 heterocycles. The second-order valence-corrected chi connectivity index (χ2v) is 5.75. The van der Waals surface area contributed by atoms with Crippen LogP contribution in [0.15, 0.2) is 6.20 Å². The molecule has 0 aliphatic carbocycles. The van der Waals surface area contributed by atoms with Gasteiger partial charge in [-0.05, 0) is 25.5 Å². The lowest BCUT2D eigenvalue weighted by Crippen LogP contribution is -2.15. The molecule has 1 fully saturated rings. The van der Waals surface area contributed by atoms with Crippen LogP contribution in [0.25, 0.3) is 0 Å². The van der Waals surface area contributed by atoms with Gasteiger partial charge in [0.2, 0.25) is 5.95 Å². The third kappa shape index (κ3) is 3.64. The molecule has 1 aliphatic rings. The number of rotatable bonds is 5. The molecule has 94 valence electrons. The van der Waals surface area contributed by atoms with Gasteiger partial charge in [-0.25, -0.2) is 4.98 Å². The van der Waals surface area contributed by atoms with Crippen molar-refractivity contribution in [3.8, 4) is 0 Å². The predicted molar refractivity (Wildman–Crippen MR) is 75.2 cm³/mol. The first-order valence-electron chi connectivity index (χ1n) is 5.91. The summed E-state index contributed by atoms with van der Waals surface area (Å²) < 4.78 is 0. The predicted octanol–water partition coefficient (Wildman–Crippen LogP) is 2.87. The third-order valence-electron chi connectivity index (χ3n) is 2.60. The Morgan fingerprint density at radius 2 is 2.41 bits per heavy atom. The van der Waals surface area contributed by atoms with Crippen LogP contribution in [0, 0.1) is 0 Å². The van der Waals surface area contributed by atoms with Crippen molar-refractivity contribution in [1.29, 1.82) is 0 Å². The van der Waals surface area contributed by atoms with Crippen molar-refractivity contribution < 1.29 is 0 Å². The number of halogens is 1. The minimum atomic E-state index is 0.578. The molecular weight excluding hydrogens is 256 g/mol. The second kappa shape index (κ2) is 6.31. The van der Waals surface area contributed by atoms with Gasteiger partial charge in [0.1, 0.15) is 5.02 Å². The summed E-state index contributed by atoms with van der Waals surface area (Å²) in [5, 5.41) is 7.65. The van der Waals surface area contributed by atoms with Crippen LogP contribution in [0.1, 0.15) is 19.8 Å². The SMILES string of the molecule is CCNc1ncc(Cl)c(NCC2CCCS2)n1. The number of hydrogen-bond acceptors (Lipinski definition) is 5. The Balaban J connectivity index is 1.95. The first-order valence-corrected chi connectivity index (χ1v) is 7.34. The molecule has 6 heteroatoms. The van der Waals surface area contributed by atoms with E-state index in [1.807, 2.05) is 18.7 Å². The molecule has 1 aromatic heterocycles. The van der Waals surface area contributed by atoms with Gasteiger partial charge in [-0.1, -0.05) is 11.6 Å². The van der Waals surface area contributed by atoms with Crippen molar-refractivity contribution in [1.82, 2.24) is 9.97 Å². The molecule has 0 saturated carbocycles. The van der Waals surface area contributed by atoms with Crippen LogP contribution < -0.4 is 10.6 Å². The lowest BCUT2D eigenvalue weighted by Gasteiger charge is -2.12. The summed E-state index contributed by atoms with van der Waals surface area (Å²) in [7, 11) is 0. The van der Waals surface area contributed by atoms with E-state index in [0.717, 1.165) is 18.9 Å². The smallest absolute Gasteiger partial charge is 0.224 e. The number of aromatic nitrogens is 2. The molecule has 1 aliphatic heterocycles. The van der Waals surface area contributed by atoms with Crippen molar-refractivity contribution >= 4 is 35.1 Å². The highest BCUT2D eigenvalue weighted by molar-refractivity contribution is 8.00. The van der Waals surface area contributed by atoms with E-state index in [1.165, 1.54) is 18.6 Å². The standard InChI is InChI=1S/C11H17ClN4S/c1-2-13-11-15-7-9(12)10(16-11)14-6-8-4-3-5-17-8/h7-8H,2-6H2,1H3,(H2,13,14,15,16). The molecule has 1 unspecified atom stereocenters. The average molecular weight is 273 g/mol. The monoisotopic (exact) mass is 272 g/mol. The Labute approximate surface area is 111 Å². The molecule has 17 heavy (non-hydrogen) atoms. The second-order valence-electron chi connectivity index (χ2n) is 3.94. The Morgan fingerprint density at radius 1 is 1.53 bits per heavy atom. The van der Waals surface area contributed by atoms with Crippen molar-refractivity contribution in [3.05, 3.63) is 11.2 Å². The zero-order valence-electron chi connectivity index (χ0n) is 9.87. The summed E-state index contributed by atoms with van der Waals surface area (Å²) in [6.45, 7) is 3.74. The van der Waals surface area contributed by atoms with Crippen LogP contribution in [-0.2, 0) is 0 Å². The Hall–Kier alpha value is -0.680. The normalized spacial score (nSPS) is 19.3. The molecule has 2 rings (SSSR count). The summed E-state index contributed by atoms with van der Waals surface area (Å²) in [6.07, 6.45) is 4.23. The van der Waals surface area contributed by atoms with Crippen LogP contribution in [0.2, 0.25) is 5.02 Å². The van der Waals surface area contributed by atoms with Gasteiger partial charge in [0.25, 0.3) is 0 Å². The molecule has 0 spiro atoms. The first-order chi connectivity index (χ1) is 8.29. The molecule has 2 N–H and O–H groups in total. The van der Waals surface area contributed by atoms with Gasteiger partial charge >= 0.3 is 0 Å². The fourth-order valence-corrected chi connectivity index (χ4v) is 3.11. The van der Waals surface area contributed by atoms with Gasteiger partial charge in [-0.15, -0.1) is 0 Å². The van der Waals surface area contributed by atoms with E-state index in [0.29, 0.717) is 16.2 Å². The van der Waals surface area contributed by atoms with E-state index >= 15 is 0 Å². The Morgan fingerprint density at radius 3 is 3.12 bits per heavy atom. The molecule has 4 nitrogen and oxygen atoms in total. The highest BCUT2D eigenvalue weighted by Crippen LogP contribution is 2.27. The molecule has 0 aromatic carbocycles. The number of thioether (sulfide) groups is 1. The number of anilines is 2. The van der Waals surface area contributed by atoms with Gasteiger partial charge in [0.15, 0.2) is 5.82 Å². The van der Waals surface area contributed by atoms with E-state index in [4.69, 9.17) is 11.6 Å². The summed E-state index contributed by atoms with van der Waals surface area (Å²) >= 11 is 8.08. The van der Waals surface area contributed by atoms with E-state index < -0.39 is 0 Å². The Bertz CT molecular complexity index is 368. The van der Waals surface area contributed by atoms with Crippen LogP contribution >= 0.6 is 23.4 Å². The highest BCUT2D eigenvalue weighted by atomic mass is 35.5. The molecule has 1 aromatic rings. The summed E-state index contributed by atoms with van der Waals surface area (Å²) in [5.74, 6) is 2.62. The third-order valence-corrected chi connectivity index (χ3v) is 4.27. The number of hydrogen-bond donors (Lipinski definition) is 2. The lowest BCUT2D eigenvalue weighted by atomic mass is 10.2. The topological polar surface area (TPSA) is 49.8 Å². The number of nitrogens with zero attached hydrogens (tertiary/aromatic N) is 2.